The minimum Gasteiger partial charge on any atom is -0.352 e. The number of amides is 1. The van der Waals surface area contributed by atoms with Crippen LogP contribution >= 0.6 is 11.8 Å². The van der Waals surface area contributed by atoms with Crippen molar-refractivity contribution in [3.8, 4) is 0 Å². The predicted molar refractivity (Wildman–Crippen MR) is 79.8 cm³/mol. The zero-order valence-corrected chi connectivity index (χ0v) is 13.1. The van der Waals surface area contributed by atoms with Gasteiger partial charge in [-0.05, 0) is 32.6 Å². The number of aromatic nitrogens is 3. The average Bonchev–Trinajstić information content (AvgIpc) is 2.73. The van der Waals surface area contributed by atoms with E-state index >= 15 is 0 Å². The van der Waals surface area contributed by atoms with Crippen LogP contribution in [-0.2, 0) is 4.79 Å². The summed E-state index contributed by atoms with van der Waals surface area (Å²) in [5.41, 5.74) is 0. The fraction of sp³-hybridized carbons (Fsp3) is 0.769. The summed E-state index contributed by atoms with van der Waals surface area (Å²) in [6.07, 6.45) is 4.75. The lowest BCUT2D eigenvalue weighted by Gasteiger charge is -2.30. The van der Waals surface area contributed by atoms with Crippen LogP contribution in [0.15, 0.2) is 5.16 Å². The number of nitrogen functional groups attached to an aromatic ring is 1. The second kappa shape index (κ2) is 6.47. The van der Waals surface area contributed by atoms with Gasteiger partial charge in [0.05, 0.1) is 5.25 Å². The van der Waals surface area contributed by atoms with E-state index < -0.39 is 0 Å². The first-order chi connectivity index (χ1) is 9.49. The van der Waals surface area contributed by atoms with E-state index in [4.69, 9.17) is 5.84 Å². The molecule has 112 valence electrons. The van der Waals surface area contributed by atoms with Crippen molar-refractivity contribution >= 4 is 17.7 Å². The van der Waals surface area contributed by atoms with Crippen LogP contribution in [0.2, 0.25) is 0 Å². The fourth-order valence-corrected chi connectivity index (χ4v) is 3.30. The number of nitrogens with zero attached hydrogens (tertiary/aromatic N) is 3. The molecule has 3 atom stereocenters. The zero-order chi connectivity index (χ0) is 14.7. The Morgan fingerprint density at radius 2 is 2.15 bits per heavy atom. The van der Waals surface area contributed by atoms with Crippen molar-refractivity contribution in [1.82, 2.24) is 20.2 Å². The van der Waals surface area contributed by atoms with Crippen LogP contribution in [0.1, 0.15) is 45.4 Å². The molecule has 1 aromatic rings. The molecule has 3 N–H and O–H groups in total. The van der Waals surface area contributed by atoms with E-state index in [1.54, 1.807) is 6.92 Å². The van der Waals surface area contributed by atoms with Crippen LogP contribution < -0.4 is 11.2 Å². The van der Waals surface area contributed by atoms with Crippen molar-refractivity contribution in [2.24, 2.45) is 5.92 Å². The van der Waals surface area contributed by atoms with Gasteiger partial charge in [-0.25, -0.2) is 4.68 Å². The van der Waals surface area contributed by atoms with Gasteiger partial charge in [-0.2, -0.15) is 0 Å². The molecule has 7 heteroatoms. The van der Waals surface area contributed by atoms with Gasteiger partial charge in [-0.1, -0.05) is 31.5 Å². The van der Waals surface area contributed by atoms with Gasteiger partial charge >= 0.3 is 0 Å². The Morgan fingerprint density at radius 1 is 1.45 bits per heavy atom. The SMILES string of the molecule is Cc1nnc(S[C@@H](C)C(=O)N[C@H]2CCCC[C@@H]2C)n1N. The lowest BCUT2D eigenvalue weighted by Crippen LogP contribution is -2.44. The maximum atomic E-state index is 12.2. The molecule has 1 heterocycles. The van der Waals surface area contributed by atoms with Gasteiger partial charge in [0.15, 0.2) is 0 Å². The number of thioether (sulfide) groups is 1. The number of nitrogens with two attached hydrogens (primary N) is 1. The maximum absolute atomic E-state index is 12.2. The topological polar surface area (TPSA) is 85.8 Å². The first kappa shape index (κ1) is 15.2. The average molecular weight is 297 g/mol. The standard InChI is InChI=1S/C13H23N5OS/c1-8-6-4-5-7-11(8)15-12(19)9(2)20-13-17-16-10(3)18(13)14/h8-9,11H,4-7,14H2,1-3H3,(H,15,19)/t8-,9-,11-/m0/s1. The molecule has 0 bridgehead atoms. The number of carbonyl (C=O) groups is 1. The molecule has 0 aliphatic heterocycles. The molecular formula is C13H23N5OS. The van der Waals surface area contributed by atoms with Gasteiger partial charge in [0.25, 0.3) is 0 Å². The van der Waals surface area contributed by atoms with E-state index in [9.17, 15) is 4.79 Å². The highest BCUT2D eigenvalue weighted by atomic mass is 32.2. The van der Waals surface area contributed by atoms with Gasteiger partial charge < -0.3 is 11.2 Å². The molecular weight excluding hydrogens is 274 g/mol. The van der Waals surface area contributed by atoms with Crippen molar-refractivity contribution in [1.29, 1.82) is 0 Å². The van der Waals surface area contributed by atoms with Crippen LogP contribution in [0.5, 0.6) is 0 Å². The van der Waals surface area contributed by atoms with Crippen molar-refractivity contribution < 1.29 is 4.79 Å². The smallest absolute Gasteiger partial charge is 0.233 e. The summed E-state index contributed by atoms with van der Waals surface area (Å²) in [7, 11) is 0. The molecule has 1 fully saturated rings. The summed E-state index contributed by atoms with van der Waals surface area (Å²) in [4.78, 5) is 12.2. The number of rotatable bonds is 4. The number of nitrogens with one attached hydrogen (secondary N) is 1. The summed E-state index contributed by atoms with van der Waals surface area (Å²) < 4.78 is 1.41. The summed E-state index contributed by atoms with van der Waals surface area (Å²) in [6, 6.07) is 0.303. The third-order valence-electron chi connectivity index (χ3n) is 3.93. The van der Waals surface area contributed by atoms with Crippen molar-refractivity contribution in [3.63, 3.8) is 0 Å². The first-order valence-corrected chi connectivity index (χ1v) is 8.01. The molecule has 0 aromatic carbocycles. The molecule has 0 radical (unpaired) electrons. The van der Waals surface area contributed by atoms with E-state index in [-0.39, 0.29) is 11.2 Å². The lowest BCUT2D eigenvalue weighted by atomic mass is 9.86. The Hall–Kier alpha value is -1.24. The van der Waals surface area contributed by atoms with Gasteiger partial charge in [0.2, 0.25) is 11.1 Å². The molecule has 1 amide bonds. The Morgan fingerprint density at radius 3 is 2.75 bits per heavy atom. The van der Waals surface area contributed by atoms with Gasteiger partial charge in [0, 0.05) is 6.04 Å². The zero-order valence-electron chi connectivity index (χ0n) is 12.3. The number of hydrogen-bond donors (Lipinski definition) is 2. The molecule has 0 saturated heterocycles. The molecule has 2 rings (SSSR count). The summed E-state index contributed by atoms with van der Waals surface area (Å²) in [5, 5.41) is 11.4. The maximum Gasteiger partial charge on any atom is 0.233 e. The van der Waals surface area contributed by atoms with Crippen LogP contribution in [0.25, 0.3) is 0 Å². The Balaban J connectivity index is 1.90. The third kappa shape index (κ3) is 3.45. The van der Waals surface area contributed by atoms with Gasteiger partial charge in [-0.3, -0.25) is 4.79 Å². The summed E-state index contributed by atoms with van der Waals surface area (Å²) >= 11 is 1.34. The van der Waals surface area contributed by atoms with Gasteiger partial charge in [-0.15, -0.1) is 10.2 Å². The Bertz CT molecular complexity index is 475. The van der Waals surface area contributed by atoms with E-state index in [0.29, 0.717) is 22.9 Å². The largest absolute Gasteiger partial charge is 0.352 e. The highest BCUT2D eigenvalue weighted by molar-refractivity contribution is 8.00. The second-order valence-electron chi connectivity index (χ2n) is 5.54. The molecule has 0 unspecified atom stereocenters. The monoisotopic (exact) mass is 297 g/mol. The van der Waals surface area contributed by atoms with Crippen molar-refractivity contribution in [2.75, 3.05) is 5.84 Å². The summed E-state index contributed by atoms with van der Waals surface area (Å²) in [5.74, 6) is 7.05. The van der Waals surface area contributed by atoms with Crippen LogP contribution in [0.4, 0.5) is 0 Å². The highest BCUT2D eigenvalue weighted by Gasteiger charge is 2.26. The first-order valence-electron chi connectivity index (χ1n) is 7.13. The molecule has 6 nitrogen and oxygen atoms in total. The van der Waals surface area contributed by atoms with Gasteiger partial charge in [0.1, 0.15) is 5.82 Å². The number of carbonyl (C=O) groups excluding carboxylic acids is 1. The second-order valence-corrected chi connectivity index (χ2v) is 6.84. The van der Waals surface area contributed by atoms with E-state index in [2.05, 4.69) is 22.4 Å². The van der Waals surface area contributed by atoms with E-state index in [1.165, 1.54) is 35.7 Å². The molecule has 1 aliphatic rings. The minimum atomic E-state index is -0.227. The van der Waals surface area contributed by atoms with Crippen LogP contribution in [0, 0.1) is 12.8 Å². The lowest BCUT2D eigenvalue weighted by molar-refractivity contribution is -0.121. The minimum absolute atomic E-state index is 0.0504. The van der Waals surface area contributed by atoms with Crippen LogP contribution in [0.3, 0.4) is 0 Å². The Kier molecular flexibility index (Phi) is 4.91. The van der Waals surface area contributed by atoms with Crippen molar-refractivity contribution in [3.05, 3.63) is 5.82 Å². The number of aryl methyl sites for hydroxylation is 1. The molecule has 1 aromatic heterocycles. The van der Waals surface area contributed by atoms with Crippen LogP contribution in [-0.4, -0.2) is 32.1 Å². The van der Waals surface area contributed by atoms with E-state index in [1.807, 2.05) is 6.92 Å². The Labute approximate surface area is 123 Å². The third-order valence-corrected chi connectivity index (χ3v) is 4.98. The fourth-order valence-electron chi connectivity index (χ4n) is 2.47. The predicted octanol–water partition coefficient (Wildman–Crippen LogP) is 1.48. The molecule has 0 spiro atoms. The summed E-state index contributed by atoms with van der Waals surface area (Å²) in [6.45, 7) is 5.87. The molecule has 20 heavy (non-hydrogen) atoms. The molecule has 1 aliphatic carbocycles. The quantitative estimate of drug-likeness (QED) is 0.649. The van der Waals surface area contributed by atoms with Crippen molar-refractivity contribution in [2.45, 2.75) is 62.9 Å². The number of hydrogen-bond acceptors (Lipinski definition) is 5. The normalized spacial score (nSPS) is 24.4. The van der Waals surface area contributed by atoms with E-state index in [0.717, 1.165) is 6.42 Å². The molecule has 1 saturated carbocycles. The highest BCUT2D eigenvalue weighted by Crippen LogP contribution is 2.25.